The maximum atomic E-state index is 5.70. The van der Waals surface area contributed by atoms with Crippen LogP contribution in [0.25, 0.3) is 0 Å². The summed E-state index contributed by atoms with van der Waals surface area (Å²) in [7, 11) is 0. The van der Waals surface area contributed by atoms with E-state index in [1.54, 1.807) is 0 Å². The Morgan fingerprint density at radius 2 is 1.88 bits per heavy atom. The predicted molar refractivity (Wildman–Crippen MR) is 75.3 cm³/mol. The number of rotatable bonds is 1. The molecular formula is C15H24N2. The summed E-state index contributed by atoms with van der Waals surface area (Å²) in [5.41, 5.74) is 8.64. The fourth-order valence-corrected chi connectivity index (χ4v) is 2.42. The van der Waals surface area contributed by atoms with Gasteiger partial charge < -0.3 is 5.73 Å². The third kappa shape index (κ3) is 2.87. The molecule has 0 heterocycles. The van der Waals surface area contributed by atoms with Crippen LogP contribution in [-0.4, -0.2) is 5.84 Å². The molecule has 2 rings (SSSR count). The first-order valence-corrected chi connectivity index (χ1v) is 6.38. The fraction of sp³-hybridized carbons (Fsp3) is 0.533. The van der Waals surface area contributed by atoms with Gasteiger partial charge in [0.2, 0.25) is 0 Å². The Hall–Kier alpha value is -1.31. The number of nitrogens with zero attached hydrogens (tertiary/aromatic N) is 1. The molecule has 0 aromatic heterocycles. The van der Waals surface area contributed by atoms with Crippen LogP contribution in [0, 0.1) is 5.41 Å². The normalized spacial score (nSPS) is 21.5. The molecule has 2 N–H and O–H groups in total. The van der Waals surface area contributed by atoms with Crippen LogP contribution >= 0.6 is 0 Å². The summed E-state index contributed by atoms with van der Waals surface area (Å²) in [6.07, 6.45) is 1.09. The second-order valence-electron chi connectivity index (χ2n) is 5.04. The van der Waals surface area contributed by atoms with E-state index >= 15 is 0 Å². The molecule has 0 saturated carbocycles. The number of amidine groups is 1. The van der Waals surface area contributed by atoms with Crippen molar-refractivity contribution in [1.29, 1.82) is 0 Å². The van der Waals surface area contributed by atoms with E-state index < -0.39 is 0 Å². The molecule has 0 fully saturated rings. The molecule has 1 aromatic rings. The molecule has 2 nitrogen and oxygen atoms in total. The van der Waals surface area contributed by atoms with Gasteiger partial charge in [-0.3, -0.25) is 4.99 Å². The van der Waals surface area contributed by atoms with Crippen LogP contribution in [0.4, 0.5) is 0 Å². The Labute approximate surface area is 105 Å². The van der Waals surface area contributed by atoms with E-state index in [1.807, 2.05) is 20.8 Å². The SMILES string of the molecule is CC.CC(N)=NC1c2ccccc2CC1(C)C. The average Bonchev–Trinajstić information content (AvgIpc) is 2.53. The zero-order valence-electron chi connectivity index (χ0n) is 11.6. The van der Waals surface area contributed by atoms with Crippen molar-refractivity contribution in [1.82, 2.24) is 0 Å². The van der Waals surface area contributed by atoms with Gasteiger partial charge >= 0.3 is 0 Å². The molecule has 1 aliphatic rings. The van der Waals surface area contributed by atoms with Gasteiger partial charge in [-0.15, -0.1) is 0 Å². The van der Waals surface area contributed by atoms with Gasteiger partial charge in [-0.25, -0.2) is 0 Å². The highest BCUT2D eigenvalue weighted by molar-refractivity contribution is 5.77. The third-order valence-electron chi connectivity index (χ3n) is 3.07. The lowest BCUT2D eigenvalue weighted by Gasteiger charge is -2.24. The number of nitrogens with two attached hydrogens (primary N) is 1. The average molecular weight is 232 g/mol. The standard InChI is InChI=1S/C13H18N2.C2H6/c1-9(14)15-12-11-7-5-4-6-10(11)8-13(12,2)3;1-2/h4-7,12H,8H2,1-3H3,(H2,14,15);1-2H3. The molecule has 94 valence electrons. The van der Waals surface area contributed by atoms with Gasteiger partial charge in [-0.2, -0.15) is 0 Å². The van der Waals surface area contributed by atoms with Gasteiger partial charge in [0.25, 0.3) is 0 Å². The Balaban J connectivity index is 0.000000686. The van der Waals surface area contributed by atoms with Crippen molar-refractivity contribution in [3.05, 3.63) is 35.4 Å². The third-order valence-corrected chi connectivity index (χ3v) is 3.07. The van der Waals surface area contributed by atoms with Crippen molar-refractivity contribution in [2.24, 2.45) is 16.1 Å². The largest absolute Gasteiger partial charge is 0.388 e. The van der Waals surface area contributed by atoms with Crippen LogP contribution in [0.5, 0.6) is 0 Å². The van der Waals surface area contributed by atoms with Crippen LogP contribution < -0.4 is 5.73 Å². The van der Waals surface area contributed by atoms with Crippen molar-refractivity contribution >= 4 is 5.84 Å². The van der Waals surface area contributed by atoms with Gasteiger partial charge in [-0.05, 0) is 29.9 Å². The molecular weight excluding hydrogens is 208 g/mol. The van der Waals surface area contributed by atoms with Gasteiger partial charge in [0.15, 0.2) is 0 Å². The second kappa shape index (κ2) is 5.35. The lowest BCUT2D eigenvalue weighted by Crippen LogP contribution is -2.19. The summed E-state index contributed by atoms with van der Waals surface area (Å²) in [6.45, 7) is 10.4. The Bertz CT molecular complexity index is 401. The van der Waals surface area contributed by atoms with Crippen molar-refractivity contribution < 1.29 is 0 Å². The number of benzene rings is 1. The highest BCUT2D eigenvalue weighted by Gasteiger charge is 2.38. The van der Waals surface area contributed by atoms with Crippen LogP contribution in [-0.2, 0) is 6.42 Å². The molecule has 1 unspecified atom stereocenters. The van der Waals surface area contributed by atoms with E-state index in [1.165, 1.54) is 11.1 Å². The summed E-state index contributed by atoms with van der Waals surface area (Å²) in [6, 6.07) is 8.75. The van der Waals surface area contributed by atoms with Crippen molar-refractivity contribution in [2.45, 2.75) is 47.1 Å². The zero-order chi connectivity index (χ0) is 13.1. The number of aliphatic imine (C=N–C) groups is 1. The van der Waals surface area contributed by atoms with Crippen LogP contribution in [0.1, 0.15) is 51.8 Å². The molecule has 0 bridgehead atoms. The highest BCUT2D eigenvalue weighted by atomic mass is 14.9. The summed E-state index contributed by atoms with van der Waals surface area (Å²) < 4.78 is 0. The zero-order valence-corrected chi connectivity index (χ0v) is 11.6. The van der Waals surface area contributed by atoms with E-state index in [0.29, 0.717) is 5.84 Å². The Morgan fingerprint density at radius 1 is 1.29 bits per heavy atom. The maximum Gasteiger partial charge on any atom is 0.0913 e. The van der Waals surface area contributed by atoms with Crippen LogP contribution in [0.15, 0.2) is 29.3 Å². The number of fused-ring (bicyclic) bond motifs is 1. The van der Waals surface area contributed by atoms with Crippen molar-refractivity contribution in [3.8, 4) is 0 Å². The highest BCUT2D eigenvalue weighted by Crippen LogP contribution is 2.47. The minimum absolute atomic E-state index is 0.185. The Morgan fingerprint density at radius 3 is 2.47 bits per heavy atom. The summed E-state index contributed by atoms with van der Waals surface area (Å²) in [5.74, 6) is 0.671. The lowest BCUT2D eigenvalue weighted by molar-refractivity contribution is 0.320. The van der Waals surface area contributed by atoms with Crippen LogP contribution in [0.2, 0.25) is 0 Å². The Kier molecular flexibility index (Phi) is 4.33. The first-order valence-electron chi connectivity index (χ1n) is 6.38. The molecule has 0 spiro atoms. The minimum Gasteiger partial charge on any atom is -0.388 e. The first kappa shape index (κ1) is 13.8. The molecule has 17 heavy (non-hydrogen) atoms. The topological polar surface area (TPSA) is 38.4 Å². The van der Waals surface area contributed by atoms with Crippen molar-refractivity contribution in [3.63, 3.8) is 0 Å². The van der Waals surface area contributed by atoms with E-state index in [-0.39, 0.29) is 11.5 Å². The van der Waals surface area contributed by atoms with Gasteiger partial charge in [0.05, 0.1) is 11.9 Å². The summed E-state index contributed by atoms with van der Waals surface area (Å²) in [4.78, 5) is 4.56. The van der Waals surface area contributed by atoms with Crippen molar-refractivity contribution in [2.75, 3.05) is 0 Å². The first-order chi connectivity index (χ1) is 8.00. The van der Waals surface area contributed by atoms with E-state index in [2.05, 4.69) is 43.1 Å². The molecule has 0 radical (unpaired) electrons. The van der Waals surface area contributed by atoms with E-state index in [0.717, 1.165) is 6.42 Å². The lowest BCUT2D eigenvalue weighted by atomic mass is 9.86. The maximum absolute atomic E-state index is 5.70. The molecule has 0 saturated heterocycles. The molecule has 2 heteroatoms. The van der Waals surface area contributed by atoms with Crippen LogP contribution in [0.3, 0.4) is 0 Å². The molecule has 1 aliphatic carbocycles. The number of hydrogen-bond acceptors (Lipinski definition) is 1. The smallest absolute Gasteiger partial charge is 0.0913 e. The monoisotopic (exact) mass is 232 g/mol. The molecule has 1 atom stereocenters. The fourth-order valence-electron chi connectivity index (χ4n) is 2.42. The van der Waals surface area contributed by atoms with Gasteiger partial charge in [-0.1, -0.05) is 52.0 Å². The predicted octanol–water partition coefficient (Wildman–Crippen LogP) is 3.71. The summed E-state index contributed by atoms with van der Waals surface area (Å²) in [5, 5.41) is 0. The van der Waals surface area contributed by atoms with Gasteiger partial charge in [0.1, 0.15) is 0 Å². The van der Waals surface area contributed by atoms with E-state index in [9.17, 15) is 0 Å². The molecule has 1 aromatic carbocycles. The quantitative estimate of drug-likeness (QED) is 0.581. The van der Waals surface area contributed by atoms with Gasteiger partial charge in [0, 0.05) is 0 Å². The molecule has 0 amide bonds. The summed E-state index contributed by atoms with van der Waals surface area (Å²) >= 11 is 0. The minimum atomic E-state index is 0.185. The second-order valence-corrected chi connectivity index (χ2v) is 5.04. The number of hydrogen-bond donors (Lipinski definition) is 1. The molecule has 0 aliphatic heterocycles. The van der Waals surface area contributed by atoms with E-state index in [4.69, 9.17) is 5.73 Å².